The molecule has 0 atom stereocenters. The zero-order valence-electron chi connectivity index (χ0n) is 17.0. The molecule has 1 saturated heterocycles. The van der Waals surface area contributed by atoms with Crippen LogP contribution in [0.5, 0.6) is 5.75 Å². The first-order valence-corrected chi connectivity index (χ1v) is 10.4. The molecule has 2 amide bonds. The summed E-state index contributed by atoms with van der Waals surface area (Å²) >= 11 is 0. The Hall–Kier alpha value is -3.29. The van der Waals surface area contributed by atoms with Crippen LogP contribution in [0.1, 0.15) is 44.4 Å². The smallest absolute Gasteiger partial charge is 0.321 e. The summed E-state index contributed by atoms with van der Waals surface area (Å²) in [4.78, 5) is 14.4. The van der Waals surface area contributed by atoms with Gasteiger partial charge in [-0.15, -0.1) is 10.2 Å². The molecule has 0 unspecified atom stereocenters. The van der Waals surface area contributed by atoms with E-state index in [0.29, 0.717) is 31.5 Å². The van der Waals surface area contributed by atoms with Crippen LogP contribution in [0.4, 0.5) is 10.5 Å². The van der Waals surface area contributed by atoms with E-state index in [1.54, 1.807) is 18.6 Å². The molecule has 0 saturated carbocycles. The predicted molar refractivity (Wildman–Crippen MR) is 111 cm³/mol. The quantitative estimate of drug-likeness (QED) is 0.556. The number of likely N-dealkylation sites (tertiary alicyclic amines) is 1. The van der Waals surface area contributed by atoms with Crippen molar-refractivity contribution in [2.45, 2.75) is 38.5 Å². The van der Waals surface area contributed by atoms with Crippen LogP contribution in [0.15, 0.2) is 51.7 Å². The van der Waals surface area contributed by atoms with Crippen molar-refractivity contribution in [3.05, 3.63) is 48.7 Å². The Morgan fingerprint density at radius 3 is 2.70 bits per heavy atom. The van der Waals surface area contributed by atoms with Gasteiger partial charge in [0.25, 0.3) is 5.89 Å². The molecule has 1 N–H and O–H groups in total. The van der Waals surface area contributed by atoms with Crippen molar-refractivity contribution in [2.75, 3.05) is 25.0 Å². The number of nitrogens with zero attached hydrogens (tertiary/aromatic N) is 3. The third-order valence-electron chi connectivity index (χ3n) is 5.21. The van der Waals surface area contributed by atoms with Gasteiger partial charge in [0.15, 0.2) is 0 Å². The number of amides is 2. The fourth-order valence-electron chi connectivity index (χ4n) is 3.40. The number of carbonyl (C=O) groups excluding carboxylic acids is 1. The van der Waals surface area contributed by atoms with Gasteiger partial charge in [-0.2, -0.15) is 0 Å². The monoisotopic (exact) mass is 410 g/mol. The highest BCUT2D eigenvalue weighted by molar-refractivity contribution is 5.89. The minimum Gasteiger partial charge on any atom is -0.494 e. The molecular formula is C22H26N4O4. The third kappa shape index (κ3) is 4.82. The van der Waals surface area contributed by atoms with Crippen molar-refractivity contribution in [3.8, 4) is 17.2 Å². The van der Waals surface area contributed by atoms with Gasteiger partial charge >= 0.3 is 6.03 Å². The van der Waals surface area contributed by atoms with Crippen LogP contribution in [0, 0.1) is 0 Å². The molecule has 3 heterocycles. The molecule has 0 spiro atoms. The molecule has 0 radical (unpaired) electrons. The summed E-state index contributed by atoms with van der Waals surface area (Å²) in [5.41, 5.74) is 1.53. The lowest BCUT2D eigenvalue weighted by molar-refractivity contribution is 0.190. The van der Waals surface area contributed by atoms with Crippen molar-refractivity contribution in [1.29, 1.82) is 0 Å². The second-order valence-electron chi connectivity index (χ2n) is 7.38. The molecule has 8 heteroatoms. The summed E-state index contributed by atoms with van der Waals surface area (Å²) in [5, 5.41) is 11.2. The number of rotatable bonds is 7. The molecule has 1 aromatic carbocycles. The lowest BCUT2D eigenvalue weighted by atomic mass is 9.97. The fraction of sp³-hybridized carbons (Fsp3) is 0.409. The average Bonchev–Trinajstić information content (AvgIpc) is 3.47. The number of unbranched alkanes of at least 4 members (excludes halogenated alkanes) is 1. The largest absolute Gasteiger partial charge is 0.494 e. The van der Waals surface area contributed by atoms with Crippen LogP contribution >= 0.6 is 0 Å². The highest BCUT2D eigenvalue weighted by atomic mass is 16.5. The molecule has 3 aromatic rings. The molecule has 4 rings (SSSR count). The van der Waals surface area contributed by atoms with Gasteiger partial charge in [0.1, 0.15) is 12.0 Å². The maximum atomic E-state index is 12.6. The fourth-order valence-corrected chi connectivity index (χ4v) is 3.40. The van der Waals surface area contributed by atoms with Crippen LogP contribution in [0.2, 0.25) is 0 Å². The molecule has 1 aliphatic rings. The van der Waals surface area contributed by atoms with Crippen LogP contribution in [-0.2, 0) is 0 Å². The lowest BCUT2D eigenvalue weighted by Gasteiger charge is -2.30. The van der Waals surface area contributed by atoms with E-state index in [0.717, 1.165) is 42.7 Å². The Bertz CT molecular complexity index is 928. The van der Waals surface area contributed by atoms with Gasteiger partial charge in [0, 0.05) is 24.7 Å². The minimum absolute atomic E-state index is 0.0993. The number of ether oxygens (including phenoxy) is 1. The number of hydrogen-bond acceptors (Lipinski definition) is 6. The molecule has 8 nitrogen and oxygen atoms in total. The number of carbonyl (C=O) groups is 1. The summed E-state index contributed by atoms with van der Waals surface area (Å²) in [7, 11) is 0. The number of piperidine rings is 1. The first kappa shape index (κ1) is 20.0. The van der Waals surface area contributed by atoms with Gasteiger partial charge in [0.05, 0.1) is 18.4 Å². The SMILES string of the molecule is CCCCOc1ccc(NC(=O)N2CCC(c3nnc(-c4ccoc4)o3)CC2)cc1. The normalized spacial score (nSPS) is 14.6. The number of aromatic nitrogens is 2. The van der Waals surface area contributed by atoms with Crippen molar-refractivity contribution in [3.63, 3.8) is 0 Å². The molecule has 30 heavy (non-hydrogen) atoms. The summed E-state index contributed by atoms with van der Waals surface area (Å²) in [6.45, 7) is 4.11. The molecule has 2 aromatic heterocycles. The molecule has 0 bridgehead atoms. The number of urea groups is 1. The molecule has 1 fully saturated rings. The highest BCUT2D eigenvalue weighted by Crippen LogP contribution is 2.29. The maximum absolute atomic E-state index is 12.6. The van der Waals surface area contributed by atoms with Gasteiger partial charge in [0.2, 0.25) is 5.89 Å². The van der Waals surface area contributed by atoms with Gasteiger partial charge in [-0.3, -0.25) is 0 Å². The molecule has 0 aliphatic carbocycles. The number of anilines is 1. The molecular weight excluding hydrogens is 384 g/mol. The van der Waals surface area contributed by atoms with Crippen LogP contribution in [-0.4, -0.2) is 40.8 Å². The Morgan fingerprint density at radius 1 is 1.20 bits per heavy atom. The number of furan rings is 1. The van der Waals surface area contributed by atoms with Gasteiger partial charge in [-0.05, 0) is 49.6 Å². The minimum atomic E-state index is -0.0993. The Morgan fingerprint density at radius 2 is 2.00 bits per heavy atom. The van der Waals surface area contributed by atoms with E-state index in [1.807, 2.05) is 29.2 Å². The van der Waals surface area contributed by atoms with Crippen molar-refractivity contribution >= 4 is 11.7 Å². The Kier molecular flexibility index (Phi) is 6.32. The third-order valence-corrected chi connectivity index (χ3v) is 5.21. The van der Waals surface area contributed by atoms with Crippen molar-refractivity contribution in [2.24, 2.45) is 0 Å². The van der Waals surface area contributed by atoms with Crippen LogP contribution in [0.3, 0.4) is 0 Å². The van der Waals surface area contributed by atoms with E-state index < -0.39 is 0 Å². The Balaban J connectivity index is 1.26. The van der Waals surface area contributed by atoms with E-state index in [-0.39, 0.29) is 11.9 Å². The van der Waals surface area contributed by atoms with Gasteiger partial charge in [-0.1, -0.05) is 13.3 Å². The van der Waals surface area contributed by atoms with E-state index in [4.69, 9.17) is 13.6 Å². The first-order chi connectivity index (χ1) is 14.7. The zero-order valence-corrected chi connectivity index (χ0v) is 17.0. The summed E-state index contributed by atoms with van der Waals surface area (Å²) in [6.07, 6.45) is 6.85. The standard InChI is InChI=1S/C22H26N4O4/c1-2-3-13-29-19-6-4-18(5-7-19)23-22(27)26-11-8-16(9-12-26)20-24-25-21(30-20)17-10-14-28-15-17/h4-7,10,14-16H,2-3,8-9,11-13H2,1H3,(H,23,27). The summed E-state index contributed by atoms with van der Waals surface area (Å²) < 4.78 is 16.5. The van der Waals surface area contributed by atoms with E-state index >= 15 is 0 Å². The zero-order chi connectivity index (χ0) is 20.8. The number of benzene rings is 1. The lowest BCUT2D eigenvalue weighted by Crippen LogP contribution is -2.40. The maximum Gasteiger partial charge on any atom is 0.321 e. The predicted octanol–water partition coefficient (Wildman–Crippen LogP) is 4.92. The van der Waals surface area contributed by atoms with Crippen molar-refractivity contribution < 1.29 is 18.4 Å². The highest BCUT2D eigenvalue weighted by Gasteiger charge is 2.27. The van der Waals surface area contributed by atoms with E-state index in [2.05, 4.69) is 22.4 Å². The summed E-state index contributed by atoms with van der Waals surface area (Å²) in [5.74, 6) is 2.05. The van der Waals surface area contributed by atoms with Crippen LogP contribution < -0.4 is 10.1 Å². The summed E-state index contributed by atoms with van der Waals surface area (Å²) in [6, 6.07) is 9.17. The molecule has 1 aliphatic heterocycles. The van der Waals surface area contributed by atoms with Crippen molar-refractivity contribution in [1.82, 2.24) is 15.1 Å². The second kappa shape index (κ2) is 9.47. The van der Waals surface area contributed by atoms with E-state index in [9.17, 15) is 4.79 Å². The topological polar surface area (TPSA) is 93.6 Å². The van der Waals surface area contributed by atoms with Gasteiger partial charge in [-0.25, -0.2) is 4.79 Å². The number of nitrogens with one attached hydrogen (secondary N) is 1. The molecule has 158 valence electrons. The van der Waals surface area contributed by atoms with Crippen LogP contribution in [0.25, 0.3) is 11.5 Å². The average molecular weight is 410 g/mol. The first-order valence-electron chi connectivity index (χ1n) is 10.4. The van der Waals surface area contributed by atoms with Gasteiger partial charge < -0.3 is 23.8 Å². The second-order valence-corrected chi connectivity index (χ2v) is 7.38. The van der Waals surface area contributed by atoms with E-state index in [1.165, 1.54) is 0 Å². The number of hydrogen-bond donors (Lipinski definition) is 1. The Labute approximate surface area is 175 Å².